The first-order valence-electron chi connectivity index (χ1n) is 10.4. The van der Waals surface area contributed by atoms with Gasteiger partial charge < -0.3 is 14.6 Å². The van der Waals surface area contributed by atoms with Crippen LogP contribution in [-0.4, -0.2) is 54.3 Å². The molecule has 4 aromatic rings. The number of rotatable bonds is 7. The van der Waals surface area contributed by atoms with Gasteiger partial charge in [0.1, 0.15) is 11.3 Å². The van der Waals surface area contributed by atoms with Crippen LogP contribution in [0.15, 0.2) is 30.6 Å². The van der Waals surface area contributed by atoms with Crippen molar-refractivity contribution >= 4 is 22.6 Å². The number of fused-ring (bicyclic) bond motifs is 2. The van der Waals surface area contributed by atoms with Crippen molar-refractivity contribution in [1.29, 1.82) is 0 Å². The maximum atomic E-state index is 13.0. The summed E-state index contributed by atoms with van der Waals surface area (Å²) in [6, 6.07) is 5.85. The second-order valence-corrected chi connectivity index (χ2v) is 7.73. The lowest BCUT2D eigenvalue weighted by molar-refractivity contribution is 0.00283. The van der Waals surface area contributed by atoms with Gasteiger partial charge in [-0.1, -0.05) is 0 Å². The first kappa shape index (κ1) is 19.8. The fourth-order valence-electron chi connectivity index (χ4n) is 4.04. The number of hydrogen-bond donors (Lipinski definition) is 1. The Morgan fingerprint density at radius 1 is 1.23 bits per heavy atom. The second-order valence-electron chi connectivity index (χ2n) is 7.73. The number of aromatic nitrogens is 6. The molecule has 1 aliphatic rings. The molecule has 1 saturated carbocycles. The number of nitrogens with zero attached hydrogens (tertiary/aromatic N) is 6. The zero-order valence-electron chi connectivity index (χ0n) is 17.3. The number of ether oxygens (including phenoxy) is 1. The molecule has 0 radical (unpaired) electrons. The third kappa shape index (κ3) is 3.71. The Morgan fingerprint density at radius 2 is 2.06 bits per heavy atom. The molecule has 0 aromatic carbocycles. The van der Waals surface area contributed by atoms with Crippen molar-refractivity contribution < 1.29 is 13.5 Å². The van der Waals surface area contributed by atoms with E-state index in [4.69, 9.17) is 4.74 Å². The minimum Gasteiger partial charge on any atom is -0.378 e. The SMILES string of the molecule is CCO[C@H]1C[C@@H](Nc2ncc3c(-c4ccc5nc(C)n(CC(F)F)c5n4)ccn3n2)C1. The van der Waals surface area contributed by atoms with E-state index in [1.165, 1.54) is 4.57 Å². The van der Waals surface area contributed by atoms with Gasteiger partial charge in [0, 0.05) is 24.4 Å². The molecule has 8 nitrogen and oxygen atoms in total. The number of alkyl halides is 2. The molecule has 0 amide bonds. The van der Waals surface area contributed by atoms with Gasteiger partial charge in [-0.3, -0.25) is 0 Å². The van der Waals surface area contributed by atoms with E-state index < -0.39 is 13.0 Å². The van der Waals surface area contributed by atoms with E-state index in [-0.39, 0.29) is 0 Å². The van der Waals surface area contributed by atoms with Gasteiger partial charge in [0.15, 0.2) is 5.65 Å². The summed E-state index contributed by atoms with van der Waals surface area (Å²) in [5, 5.41) is 7.89. The van der Waals surface area contributed by atoms with Crippen LogP contribution in [0.4, 0.5) is 14.7 Å². The first-order valence-corrected chi connectivity index (χ1v) is 10.4. The third-order valence-electron chi connectivity index (χ3n) is 5.63. The van der Waals surface area contributed by atoms with Gasteiger partial charge in [-0.15, -0.1) is 5.10 Å². The lowest BCUT2D eigenvalue weighted by Gasteiger charge is -2.35. The van der Waals surface area contributed by atoms with Crippen LogP contribution < -0.4 is 5.32 Å². The van der Waals surface area contributed by atoms with Crippen molar-refractivity contribution in [1.82, 2.24) is 29.1 Å². The molecule has 1 N–H and O–H groups in total. The van der Waals surface area contributed by atoms with Crippen molar-refractivity contribution in [2.24, 2.45) is 0 Å². The van der Waals surface area contributed by atoms with Gasteiger partial charge in [-0.2, -0.15) is 0 Å². The Bertz CT molecular complexity index is 1230. The van der Waals surface area contributed by atoms with Crippen LogP contribution in [0.3, 0.4) is 0 Å². The Morgan fingerprint density at radius 3 is 2.84 bits per heavy atom. The van der Waals surface area contributed by atoms with Gasteiger partial charge in [0.05, 0.1) is 30.1 Å². The summed E-state index contributed by atoms with van der Waals surface area (Å²) < 4.78 is 34.8. The van der Waals surface area contributed by atoms with Crippen LogP contribution in [0.5, 0.6) is 0 Å². The molecule has 5 rings (SSSR count). The Hall–Kier alpha value is -3.14. The quantitative estimate of drug-likeness (QED) is 0.484. The standard InChI is InChI=1S/C21H23F2N7O/c1-3-31-14-8-13(9-14)26-21-24-10-18-15(6-7-30(18)28-21)16-4-5-17-20(27-16)29(11-19(22)23)12(2)25-17/h4-7,10,13-14,19H,3,8-9,11H2,1-2H3,(H,26,28)/t13-,14+. The largest absolute Gasteiger partial charge is 0.378 e. The summed E-state index contributed by atoms with van der Waals surface area (Å²) in [4.78, 5) is 13.4. The lowest BCUT2D eigenvalue weighted by atomic mass is 9.89. The lowest BCUT2D eigenvalue weighted by Crippen LogP contribution is -2.41. The first-order chi connectivity index (χ1) is 15.0. The highest BCUT2D eigenvalue weighted by molar-refractivity contribution is 5.82. The van der Waals surface area contributed by atoms with Crippen LogP contribution in [0.25, 0.3) is 27.9 Å². The summed E-state index contributed by atoms with van der Waals surface area (Å²) in [6.45, 7) is 4.01. The zero-order valence-corrected chi connectivity index (χ0v) is 17.3. The zero-order chi connectivity index (χ0) is 21.5. The van der Waals surface area contributed by atoms with Crippen LogP contribution >= 0.6 is 0 Å². The van der Waals surface area contributed by atoms with Gasteiger partial charge in [0.25, 0.3) is 6.43 Å². The molecule has 0 saturated heterocycles. The third-order valence-corrected chi connectivity index (χ3v) is 5.63. The molecule has 10 heteroatoms. The summed E-state index contributed by atoms with van der Waals surface area (Å²) in [6.07, 6.45) is 3.32. The highest BCUT2D eigenvalue weighted by Gasteiger charge is 2.30. The predicted octanol–water partition coefficient (Wildman–Crippen LogP) is 3.69. The summed E-state index contributed by atoms with van der Waals surface area (Å²) in [7, 11) is 0. The molecule has 1 aliphatic carbocycles. The van der Waals surface area contributed by atoms with E-state index in [0.29, 0.717) is 40.8 Å². The van der Waals surface area contributed by atoms with E-state index in [2.05, 4.69) is 25.4 Å². The molecule has 162 valence electrons. The van der Waals surface area contributed by atoms with Crippen molar-refractivity contribution in [3.05, 3.63) is 36.4 Å². The summed E-state index contributed by atoms with van der Waals surface area (Å²) in [5.41, 5.74) is 3.32. The molecule has 31 heavy (non-hydrogen) atoms. The van der Waals surface area contributed by atoms with E-state index in [0.717, 1.165) is 30.5 Å². The van der Waals surface area contributed by atoms with Crippen molar-refractivity contribution in [2.45, 2.75) is 51.8 Å². The molecule has 0 unspecified atom stereocenters. The smallest absolute Gasteiger partial charge is 0.256 e. The minimum absolute atomic E-state index is 0.312. The Balaban J connectivity index is 1.42. The van der Waals surface area contributed by atoms with Crippen molar-refractivity contribution in [3.8, 4) is 11.3 Å². The number of anilines is 1. The van der Waals surface area contributed by atoms with E-state index in [1.807, 2.05) is 25.3 Å². The van der Waals surface area contributed by atoms with Gasteiger partial charge in [0.2, 0.25) is 5.95 Å². The number of halogens is 2. The van der Waals surface area contributed by atoms with Crippen molar-refractivity contribution in [3.63, 3.8) is 0 Å². The van der Waals surface area contributed by atoms with Crippen LogP contribution in [0, 0.1) is 6.92 Å². The highest BCUT2D eigenvalue weighted by atomic mass is 19.3. The fourth-order valence-corrected chi connectivity index (χ4v) is 4.04. The average Bonchev–Trinajstić information content (AvgIpc) is 3.26. The Kier molecular flexibility index (Phi) is 5.01. The number of aryl methyl sites for hydroxylation is 1. The number of nitrogens with one attached hydrogen (secondary N) is 1. The highest BCUT2D eigenvalue weighted by Crippen LogP contribution is 2.28. The molecular formula is C21H23F2N7O. The molecule has 0 bridgehead atoms. The Labute approximate surface area is 177 Å². The fraction of sp³-hybridized carbons (Fsp3) is 0.429. The molecular weight excluding hydrogens is 404 g/mol. The van der Waals surface area contributed by atoms with E-state index in [1.54, 1.807) is 23.7 Å². The summed E-state index contributed by atoms with van der Waals surface area (Å²) in [5.74, 6) is 1.08. The normalized spacial score (nSPS) is 18.7. The topological polar surface area (TPSA) is 82.2 Å². The van der Waals surface area contributed by atoms with Crippen LogP contribution in [0.2, 0.25) is 0 Å². The average molecular weight is 427 g/mol. The number of pyridine rings is 1. The van der Waals surface area contributed by atoms with Crippen molar-refractivity contribution in [2.75, 3.05) is 11.9 Å². The maximum Gasteiger partial charge on any atom is 0.256 e. The molecule has 4 heterocycles. The van der Waals surface area contributed by atoms with Gasteiger partial charge in [-0.25, -0.2) is 28.2 Å². The molecule has 0 aliphatic heterocycles. The summed E-state index contributed by atoms with van der Waals surface area (Å²) >= 11 is 0. The van der Waals surface area contributed by atoms with E-state index >= 15 is 0 Å². The predicted molar refractivity (Wildman–Crippen MR) is 112 cm³/mol. The van der Waals surface area contributed by atoms with Crippen LogP contribution in [-0.2, 0) is 11.3 Å². The second kappa shape index (κ2) is 7.84. The molecule has 0 spiro atoms. The van der Waals surface area contributed by atoms with E-state index in [9.17, 15) is 8.78 Å². The molecule has 1 fully saturated rings. The van der Waals surface area contributed by atoms with Crippen LogP contribution in [0.1, 0.15) is 25.6 Å². The minimum atomic E-state index is -2.48. The number of imidazole rings is 1. The molecule has 4 aromatic heterocycles. The maximum absolute atomic E-state index is 13.0. The molecule has 0 atom stereocenters. The number of hydrogen-bond acceptors (Lipinski definition) is 6. The monoisotopic (exact) mass is 427 g/mol. The van der Waals surface area contributed by atoms with Gasteiger partial charge >= 0.3 is 0 Å². The van der Waals surface area contributed by atoms with Gasteiger partial charge in [-0.05, 0) is 44.9 Å².